The normalized spacial score (nSPS) is 16.5. The van der Waals surface area contributed by atoms with Gasteiger partial charge >= 0.3 is 0 Å². The summed E-state index contributed by atoms with van der Waals surface area (Å²) in [6, 6.07) is 10.1. The van der Waals surface area contributed by atoms with E-state index in [-0.39, 0.29) is 16.6 Å². The first-order chi connectivity index (χ1) is 13.8. The highest BCUT2D eigenvalue weighted by Gasteiger charge is 2.29. The summed E-state index contributed by atoms with van der Waals surface area (Å²) >= 11 is 1.37. The number of likely N-dealkylation sites (tertiary alicyclic amines) is 1. The van der Waals surface area contributed by atoms with Crippen LogP contribution in [0.5, 0.6) is 0 Å². The third kappa shape index (κ3) is 4.28. The van der Waals surface area contributed by atoms with Crippen LogP contribution in [0.2, 0.25) is 0 Å². The van der Waals surface area contributed by atoms with Gasteiger partial charge in [0, 0.05) is 36.8 Å². The lowest BCUT2D eigenvalue weighted by Crippen LogP contribution is -2.45. The number of hydrogen-bond acceptors (Lipinski definition) is 6. The highest BCUT2D eigenvalue weighted by molar-refractivity contribution is 7.89. The molecule has 4 rings (SSSR count). The number of nitrogens with one attached hydrogen (secondary N) is 1. The van der Waals surface area contributed by atoms with Crippen LogP contribution >= 0.6 is 11.3 Å². The maximum atomic E-state index is 13.0. The molecule has 29 heavy (non-hydrogen) atoms. The van der Waals surface area contributed by atoms with E-state index in [1.54, 1.807) is 13.1 Å². The topological polar surface area (TPSA) is 83.8 Å². The number of hydrogen-bond donors (Lipinski definition) is 1. The maximum Gasteiger partial charge on any atom is 0.279 e. The summed E-state index contributed by atoms with van der Waals surface area (Å²) in [5, 5.41) is 0. The van der Waals surface area contributed by atoms with Crippen LogP contribution in [-0.2, 0) is 16.6 Å². The fourth-order valence-corrected chi connectivity index (χ4v) is 6.19. The van der Waals surface area contributed by atoms with E-state index in [2.05, 4.69) is 26.7 Å². The third-order valence-electron chi connectivity index (χ3n) is 5.20. The van der Waals surface area contributed by atoms with Crippen molar-refractivity contribution in [1.29, 1.82) is 0 Å². The van der Waals surface area contributed by atoms with Crippen molar-refractivity contribution in [2.45, 2.75) is 44.2 Å². The summed E-state index contributed by atoms with van der Waals surface area (Å²) in [7, 11) is -3.94. The van der Waals surface area contributed by atoms with Gasteiger partial charge in [-0.15, -0.1) is 11.3 Å². The quantitative estimate of drug-likeness (QED) is 0.669. The Balaban J connectivity index is 1.47. The van der Waals surface area contributed by atoms with Crippen molar-refractivity contribution in [2.75, 3.05) is 13.1 Å². The van der Waals surface area contributed by atoms with Gasteiger partial charge in [0.25, 0.3) is 5.56 Å². The average molecular weight is 433 g/mol. The molecule has 1 aliphatic rings. The molecule has 2 aromatic heterocycles. The van der Waals surface area contributed by atoms with Gasteiger partial charge < -0.3 is 0 Å². The van der Waals surface area contributed by atoms with Gasteiger partial charge in [0.15, 0.2) is 9.86 Å². The highest BCUT2D eigenvalue weighted by atomic mass is 32.2. The van der Waals surface area contributed by atoms with Crippen molar-refractivity contribution in [2.24, 2.45) is 0 Å². The van der Waals surface area contributed by atoms with Crippen LogP contribution in [0.3, 0.4) is 0 Å². The Hall–Kier alpha value is -2.07. The summed E-state index contributed by atoms with van der Waals surface area (Å²) in [5.41, 5.74) is 0.956. The molecule has 0 spiro atoms. The molecule has 0 atom stereocenters. The lowest BCUT2D eigenvalue weighted by atomic mass is 10.1. The van der Waals surface area contributed by atoms with Crippen LogP contribution in [0.1, 0.15) is 29.0 Å². The first-order valence-corrected chi connectivity index (χ1v) is 11.9. The van der Waals surface area contributed by atoms with E-state index in [1.807, 2.05) is 25.1 Å². The summed E-state index contributed by atoms with van der Waals surface area (Å²) < 4.78 is 30.0. The summed E-state index contributed by atoms with van der Waals surface area (Å²) in [5.74, 6) is 0. The number of sulfonamides is 1. The van der Waals surface area contributed by atoms with Crippen LogP contribution in [0.4, 0.5) is 0 Å². The van der Waals surface area contributed by atoms with E-state index >= 15 is 0 Å². The molecule has 0 saturated carbocycles. The first kappa shape index (κ1) is 20.2. The molecule has 9 heteroatoms. The number of benzene rings is 1. The Kier molecular flexibility index (Phi) is 5.56. The molecule has 0 aliphatic carbocycles. The van der Waals surface area contributed by atoms with Crippen molar-refractivity contribution in [1.82, 2.24) is 19.0 Å². The van der Waals surface area contributed by atoms with Crippen molar-refractivity contribution in [3.05, 3.63) is 63.0 Å². The molecule has 0 amide bonds. The fraction of sp³-hybridized carbons (Fsp3) is 0.400. The maximum absolute atomic E-state index is 13.0. The molecule has 1 aromatic carbocycles. The van der Waals surface area contributed by atoms with E-state index in [1.165, 1.54) is 21.3 Å². The van der Waals surface area contributed by atoms with Crippen molar-refractivity contribution < 1.29 is 8.42 Å². The number of aryl methyl sites for hydroxylation is 2. The molecule has 0 bridgehead atoms. The Labute approximate surface area is 174 Å². The summed E-state index contributed by atoms with van der Waals surface area (Å²) in [6.07, 6.45) is 3.05. The van der Waals surface area contributed by atoms with Gasteiger partial charge in [0.05, 0.1) is 5.69 Å². The van der Waals surface area contributed by atoms with Gasteiger partial charge in [-0.05, 0) is 32.3 Å². The molecule has 3 heterocycles. The molecule has 0 unspecified atom stereocenters. The van der Waals surface area contributed by atoms with E-state index in [4.69, 9.17) is 0 Å². The van der Waals surface area contributed by atoms with Crippen LogP contribution < -0.4 is 10.3 Å². The van der Waals surface area contributed by atoms with E-state index < -0.39 is 15.6 Å². The van der Waals surface area contributed by atoms with Gasteiger partial charge in [0.1, 0.15) is 0 Å². The minimum Gasteiger partial charge on any atom is -0.299 e. The van der Waals surface area contributed by atoms with E-state index in [9.17, 15) is 13.2 Å². The minimum atomic E-state index is -3.94. The zero-order valence-corrected chi connectivity index (χ0v) is 18.1. The number of rotatable bonds is 5. The van der Waals surface area contributed by atoms with Crippen molar-refractivity contribution in [3.8, 4) is 0 Å². The lowest BCUT2D eigenvalue weighted by Gasteiger charge is -2.32. The van der Waals surface area contributed by atoms with Crippen LogP contribution in [-0.4, -0.2) is 41.8 Å². The molecule has 7 nitrogen and oxygen atoms in total. The van der Waals surface area contributed by atoms with Gasteiger partial charge in [-0.1, -0.05) is 30.3 Å². The number of thiazole rings is 1. The van der Waals surface area contributed by atoms with E-state index in [0.29, 0.717) is 17.8 Å². The van der Waals surface area contributed by atoms with Crippen LogP contribution in [0.15, 0.2) is 46.2 Å². The second-order valence-corrected chi connectivity index (χ2v) is 10.3. The lowest BCUT2D eigenvalue weighted by molar-refractivity contribution is 0.200. The molecule has 1 saturated heterocycles. The second-order valence-electron chi connectivity index (χ2n) is 7.48. The molecule has 0 radical (unpaired) electrons. The van der Waals surface area contributed by atoms with Gasteiger partial charge in [-0.3, -0.25) is 14.1 Å². The van der Waals surface area contributed by atoms with Gasteiger partial charge in [-0.2, -0.15) is 0 Å². The fourth-order valence-electron chi connectivity index (χ4n) is 3.78. The molecular formula is C20H24N4O3S2. The van der Waals surface area contributed by atoms with Gasteiger partial charge in [0.2, 0.25) is 10.0 Å². The zero-order valence-electron chi connectivity index (χ0n) is 16.5. The molecule has 3 aromatic rings. The number of fused-ring (bicyclic) bond motifs is 1. The number of nitrogens with zero attached hydrogens (tertiary/aromatic N) is 3. The molecule has 1 aliphatic heterocycles. The van der Waals surface area contributed by atoms with Crippen molar-refractivity contribution >= 4 is 26.3 Å². The molecule has 154 valence electrons. The Morgan fingerprint density at radius 3 is 2.55 bits per heavy atom. The minimum absolute atomic E-state index is 0.185. The summed E-state index contributed by atoms with van der Waals surface area (Å²) in [4.78, 5) is 20.6. The largest absolute Gasteiger partial charge is 0.299 e. The second kappa shape index (κ2) is 7.98. The summed E-state index contributed by atoms with van der Waals surface area (Å²) in [6.45, 7) is 5.91. The highest BCUT2D eigenvalue weighted by Crippen LogP contribution is 2.19. The Morgan fingerprint density at radius 2 is 1.86 bits per heavy atom. The number of piperidine rings is 1. The predicted octanol–water partition coefficient (Wildman–Crippen LogP) is 2.32. The molecular weight excluding hydrogens is 408 g/mol. The van der Waals surface area contributed by atoms with Gasteiger partial charge in [-0.25, -0.2) is 18.1 Å². The predicted molar refractivity (Wildman–Crippen MR) is 114 cm³/mol. The van der Waals surface area contributed by atoms with Crippen LogP contribution in [0, 0.1) is 13.8 Å². The molecule has 1 N–H and O–H groups in total. The zero-order chi connectivity index (χ0) is 20.6. The standard InChI is InChI=1S/C20H24N4O3S2/c1-14-12-24-19(25)18(15(2)21-20(24)28-14)29(26,27)22-17-8-10-23(11-9-17)13-16-6-4-3-5-7-16/h3-7,12,17,22H,8-11,13H2,1-2H3. The molecule has 1 fully saturated rings. The van der Waals surface area contributed by atoms with E-state index in [0.717, 1.165) is 24.5 Å². The SMILES string of the molecule is Cc1cn2c(=O)c(S(=O)(=O)NC3CCN(Cc4ccccc4)CC3)c(C)nc2s1. The van der Waals surface area contributed by atoms with Crippen LogP contribution in [0.25, 0.3) is 4.96 Å². The van der Waals surface area contributed by atoms with Crippen molar-refractivity contribution in [3.63, 3.8) is 0 Å². The Bertz CT molecular complexity index is 1180. The average Bonchev–Trinajstić information content (AvgIpc) is 3.04. The third-order valence-corrected chi connectivity index (χ3v) is 7.75. The monoisotopic (exact) mass is 432 g/mol. The smallest absolute Gasteiger partial charge is 0.279 e. The number of aromatic nitrogens is 2. The Morgan fingerprint density at radius 1 is 1.17 bits per heavy atom. The first-order valence-electron chi connectivity index (χ1n) is 9.61.